The molecule has 2 aromatic heterocycles. The van der Waals surface area contributed by atoms with Gasteiger partial charge in [0.2, 0.25) is 11.0 Å². The number of alkyl halides is 3. The van der Waals surface area contributed by atoms with Crippen molar-refractivity contribution in [1.29, 1.82) is 0 Å². The summed E-state index contributed by atoms with van der Waals surface area (Å²) in [4.78, 5) is 8.38. The topological polar surface area (TPSA) is 110 Å². The zero-order valence-corrected chi connectivity index (χ0v) is 20.7. The van der Waals surface area contributed by atoms with E-state index in [9.17, 15) is 30.4 Å². The lowest BCUT2D eigenvalue weighted by molar-refractivity contribution is -0.144. The van der Waals surface area contributed by atoms with Crippen molar-refractivity contribution < 1.29 is 35.1 Å². The fourth-order valence-corrected chi connectivity index (χ4v) is 5.33. The Morgan fingerprint density at radius 2 is 1.79 bits per heavy atom. The molecule has 196 valence electrons. The zero-order chi connectivity index (χ0) is 27.2. The van der Waals surface area contributed by atoms with Crippen LogP contribution in [0.15, 0.2) is 59.8 Å². The molecule has 38 heavy (non-hydrogen) atoms. The maximum Gasteiger partial charge on any atom is 0.449 e. The molecule has 0 aliphatic heterocycles. The van der Waals surface area contributed by atoms with Crippen LogP contribution in [0.25, 0.3) is 22.2 Å². The first-order valence-electron chi connectivity index (χ1n) is 10.2. The fourth-order valence-electron chi connectivity index (χ4n) is 3.43. The number of fused-ring (bicyclic) bond motifs is 1. The SMILES string of the molecule is O=S(=O)(Nc1ncns1)c1cc(F)c(Oc2ccc(Cl)cc2-c2ccc3[nH]c(C(F)(F)F)nc3c2)cc1F. The fraction of sp³-hybridized carbons (Fsp3) is 0.0455. The third kappa shape index (κ3) is 5.12. The highest BCUT2D eigenvalue weighted by atomic mass is 35.5. The van der Waals surface area contributed by atoms with Gasteiger partial charge in [-0.3, -0.25) is 4.72 Å². The minimum absolute atomic E-state index is 0.00420. The standard InChI is InChI=1S/C22H11ClF5N5O3S2/c23-11-2-4-17(12(6-11)10-1-3-15-16(5-10)32-20(31-15)22(26,27)28)36-18-7-14(25)19(8-13(18)24)38(34,35)33-21-29-9-30-37-21/h1-9H,(H,31,32)(H,29,30,33). The Balaban J connectivity index is 1.51. The van der Waals surface area contributed by atoms with Crippen molar-refractivity contribution in [2.24, 2.45) is 0 Å². The van der Waals surface area contributed by atoms with E-state index in [1.54, 1.807) is 0 Å². The summed E-state index contributed by atoms with van der Waals surface area (Å²) in [5, 5.41) is 0.0773. The van der Waals surface area contributed by atoms with Gasteiger partial charge in [0.15, 0.2) is 11.6 Å². The number of aromatic amines is 1. The summed E-state index contributed by atoms with van der Waals surface area (Å²) in [6.07, 6.45) is -3.60. The molecule has 0 fully saturated rings. The second-order valence-corrected chi connectivity index (χ2v) is 10.5. The molecule has 0 spiro atoms. The molecule has 0 saturated carbocycles. The van der Waals surface area contributed by atoms with Crippen LogP contribution in [-0.4, -0.2) is 27.7 Å². The summed E-state index contributed by atoms with van der Waals surface area (Å²) in [6, 6.07) is 9.31. The number of imidazole rings is 1. The van der Waals surface area contributed by atoms with Crippen LogP contribution in [0.3, 0.4) is 0 Å². The first-order chi connectivity index (χ1) is 17.9. The third-order valence-electron chi connectivity index (χ3n) is 5.08. The predicted molar refractivity (Wildman–Crippen MR) is 129 cm³/mol. The summed E-state index contributed by atoms with van der Waals surface area (Å²) >= 11 is 6.79. The van der Waals surface area contributed by atoms with Crippen molar-refractivity contribution in [1.82, 2.24) is 19.3 Å². The minimum atomic E-state index is -4.68. The van der Waals surface area contributed by atoms with Gasteiger partial charge in [0.25, 0.3) is 10.0 Å². The van der Waals surface area contributed by atoms with Crippen LogP contribution in [0.2, 0.25) is 5.02 Å². The maximum absolute atomic E-state index is 14.9. The van der Waals surface area contributed by atoms with Crippen LogP contribution < -0.4 is 9.46 Å². The van der Waals surface area contributed by atoms with E-state index in [1.807, 2.05) is 4.72 Å². The van der Waals surface area contributed by atoms with E-state index in [1.165, 1.54) is 36.4 Å². The number of aromatic nitrogens is 4. The van der Waals surface area contributed by atoms with Gasteiger partial charge in [0.05, 0.1) is 11.0 Å². The average molecular weight is 588 g/mol. The Kier molecular flexibility index (Phi) is 6.44. The largest absolute Gasteiger partial charge is 0.454 e. The Hall–Kier alpha value is -3.82. The minimum Gasteiger partial charge on any atom is -0.454 e. The summed E-state index contributed by atoms with van der Waals surface area (Å²) in [5.74, 6) is -4.39. The molecule has 5 rings (SSSR count). The maximum atomic E-state index is 14.9. The van der Waals surface area contributed by atoms with Crippen molar-refractivity contribution in [2.75, 3.05) is 4.72 Å². The molecule has 5 aromatic rings. The lowest BCUT2D eigenvalue weighted by atomic mass is 10.0. The Morgan fingerprint density at radius 3 is 2.50 bits per heavy atom. The molecule has 0 saturated heterocycles. The first-order valence-corrected chi connectivity index (χ1v) is 12.9. The van der Waals surface area contributed by atoms with Gasteiger partial charge < -0.3 is 9.72 Å². The third-order valence-corrected chi connectivity index (χ3v) is 7.38. The van der Waals surface area contributed by atoms with Gasteiger partial charge in [0.1, 0.15) is 22.8 Å². The van der Waals surface area contributed by atoms with Gasteiger partial charge in [-0.2, -0.15) is 17.5 Å². The van der Waals surface area contributed by atoms with E-state index in [0.29, 0.717) is 29.2 Å². The van der Waals surface area contributed by atoms with E-state index in [2.05, 4.69) is 19.3 Å². The van der Waals surface area contributed by atoms with Crippen molar-refractivity contribution in [2.45, 2.75) is 11.1 Å². The highest BCUT2D eigenvalue weighted by molar-refractivity contribution is 7.93. The number of sulfonamides is 1. The molecule has 0 aliphatic rings. The molecule has 2 heterocycles. The number of nitrogens with one attached hydrogen (secondary N) is 2. The molecular formula is C22H11ClF5N5O3S2. The van der Waals surface area contributed by atoms with Crippen molar-refractivity contribution in [3.63, 3.8) is 0 Å². The van der Waals surface area contributed by atoms with Crippen LogP contribution in [0.5, 0.6) is 11.5 Å². The molecule has 0 radical (unpaired) electrons. The first kappa shape index (κ1) is 25.8. The van der Waals surface area contributed by atoms with E-state index < -0.39 is 44.3 Å². The van der Waals surface area contributed by atoms with Gasteiger partial charge in [-0.25, -0.2) is 27.2 Å². The second-order valence-electron chi connectivity index (χ2n) is 7.62. The molecule has 0 bridgehead atoms. The van der Waals surface area contributed by atoms with Crippen LogP contribution in [0.4, 0.5) is 27.1 Å². The number of rotatable bonds is 6. The summed E-state index contributed by atoms with van der Waals surface area (Å²) < 4.78 is 105. The van der Waals surface area contributed by atoms with E-state index in [0.717, 1.165) is 6.33 Å². The van der Waals surface area contributed by atoms with Crippen LogP contribution >= 0.6 is 23.1 Å². The number of halogens is 6. The Morgan fingerprint density at radius 1 is 1.00 bits per heavy atom. The molecule has 0 aliphatic carbocycles. The summed E-state index contributed by atoms with van der Waals surface area (Å²) in [5.41, 5.74) is 0.662. The highest BCUT2D eigenvalue weighted by Gasteiger charge is 2.34. The Labute approximate surface area is 219 Å². The van der Waals surface area contributed by atoms with Gasteiger partial charge >= 0.3 is 6.18 Å². The second kappa shape index (κ2) is 9.49. The van der Waals surface area contributed by atoms with Gasteiger partial charge in [-0.05, 0) is 35.9 Å². The predicted octanol–water partition coefficient (Wildman–Crippen LogP) is 6.62. The summed E-state index contributed by atoms with van der Waals surface area (Å²) in [6.45, 7) is 0. The quantitative estimate of drug-likeness (QED) is 0.216. The number of benzene rings is 3. The molecule has 2 N–H and O–H groups in total. The molecule has 3 aromatic carbocycles. The van der Waals surface area contributed by atoms with E-state index in [4.69, 9.17) is 16.3 Å². The lowest BCUT2D eigenvalue weighted by Gasteiger charge is -2.14. The van der Waals surface area contributed by atoms with Crippen molar-refractivity contribution >= 4 is 49.3 Å². The molecule has 0 amide bonds. The monoisotopic (exact) mass is 587 g/mol. The van der Waals surface area contributed by atoms with Crippen LogP contribution in [-0.2, 0) is 16.2 Å². The normalized spacial score (nSPS) is 12.2. The van der Waals surface area contributed by atoms with Crippen LogP contribution in [0.1, 0.15) is 5.82 Å². The lowest BCUT2D eigenvalue weighted by Crippen LogP contribution is -2.15. The number of hydrogen-bond donors (Lipinski definition) is 2. The van der Waals surface area contributed by atoms with E-state index >= 15 is 0 Å². The Bertz CT molecular complexity index is 1780. The van der Waals surface area contributed by atoms with Crippen molar-refractivity contribution in [3.8, 4) is 22.6 Å². The number of nitrogens with zero attached hydrogens (tertiary/aromatic N) is 3. The molecule has 0 unspecified atom stereocenters. The molecular weight excluding hydrogens is 577 g/mol. The van der Waals surface area contributed by atoms with E-state index in [-0.39, 0.29) is 32.5 Å². The molecule has 16 heteroatoms. The van der Waals surface area contributed by atoms with Crippen molar-refractivity contribution in [3.05, 3.63) is 77.3 Å². The number of hydrogen-bond acceptors (Lipinski definition) is 7. The zero-order valence-electron chi connectivity index (χ0n) is 18.3. The number of anilines is 1. The van der Waals surface area contributed by atoms with Gasteiger partial charge in [0, 0.05) is 34.3 Å². The van der Waals surface area contributed by atoms with Crippen LogP contribution in [0, 0.1) is 11.6 Å². The van der Waals surface area contributed by atoms with Gasteiger partial charge in [-0.15, -0.1) is 0 Å². The number of H-pyrrole nitrogens is 1. The average Bonchev–Trinajstić information content (AvgIpc) is 3.51. The smallest absolute Gasteiger partial charge is 0.449 e. The molecule has 0 atom stereocenters. The van der Waals surface area contributed by atoms with Gasteiger partial charge in [-0.1, -0.05) is 17.7 Å². The highest BCUT2D eigenvalue weighted by Crippen LogP contribution is 2.39. The summed E-state index contributed by atoms with van der Waals surface area (Å²) in [7, 11) is -4.53. The molecule has 8 nitrogen and oxygen atoms in total. The number of ether oxygens (including phenoxy) is 1.